The first kappa shape index (κ1) is 16.0. The lowest BCUT2D eigenvalue weighted by Gasteiger charge is -2.28. The molecular weight excluding hydrogens is 300 g/mol. The summed E-state index contributed by atoms with van der Waals surface area (Å²) in [6.07, 6.45) is 12.1. The first-order valence-corrected chi connectivity index (χ1v) is 9.66. The highest BCUT2D eigenvalue weighted by Crippen LogP contribution is 2.33. The topological polar surface area (TPSA) is 58.1 Å². The molecule has 130 valence electrons. The van der Waals surface area contributed by atoms with E-state index in [9.17, 15) is 4.79 Å². The van der Waals surface area contributed by atoms with Crippen LogP contribution < -0.4 is 5.32 Å². The van der Waals surface area contributed by atoms with E-state index < -0.39 is 0 Å². The van der Waals surface area contributed by atoms with E-state index in [0.29, 0.717) is 11.8 Å². The van der Waals surface area contributed by atoms with Gasteiger partial charge in [-0.25, -0.2) is 9.97 Å². The van der Waals surface area contributed by atoms with Crippen molar-refractivity contribution in [3.8, 4) is 0 Å². The Labute approximate surface area is 144 Å². The molecule has 1 atom stereocenters. The molecule has 4 rings (SSSR count). The van der Waals surface area contributed by atoms with E-state index in [-0.39, 0.29) is 6.04 Å². The molecule has 5 nitrogen and oxygen atoms in total. The third-order valence-electron chi connectivity index (χ3n) is 5.89. The minimum atomic E-state index is 0.0984. The quantitative estimate of drug-likeness (QED) is 0.927. The minimum absolute atomic E-state index is 0.0984. The lowest BCUT2D eigenvalue weighted by atomic mass is 9.86. The van der Waals surface area contributed by atoms with Crippen molar-refractivity contribution in [2.24, 2.45) is 5.92 Å². The minimum Gasteiger partial charge on any atom is -0.332 e. The fourth-order valence-corrected chi connectivity index (χ4v) is 4.50. The standard InChI is InChI=1S/C19H28N4O/c24-18(11-14-5-2-1-3-6-14)23-10-4-7-17(23)19-21-13-15-12-20-9-8-16(15)22-19/h13-14,17,20H,1-12H2. The molecule has 1 saturated heterocycles. The van der Waals surface area contributed by atoms with Crippen LogP contribution in [0.1, 0.15) is 74.5 Å². The predicted molar refractivity (Wildman–Crippen MR) is 92.3 cm³/mol. The molecule has 5 heteroatoms. The molecule has 1 amide bonds. The molecule has 0 radical (unpaired) electrons. The van der Waals surface area contributed by atoms with Gasteiger partial charge in [0, 0.05) is 49.9 Å². The Morgan fingerprint density at radius 3 is 2.96 bits per heavy atom. The Morgan fingerprint density at radius 2 is 2.08 bits per heavy atom. The lowest BCUT2D eigenvalue weighted by molar-refractivity contribution is -0.133. The Kier molecular flexibility index (Phi) is 4.79. The summed E-state index contributed by atoms with van der Waals surface area (Å²) in [7, 11) is 0. The molecule has 2 aliphatic heterocycles. The molecule has 3 heterocycles. The van der Waals surface area contributed by atoms with Crippen LogP contribution in [0.25, 0.3) is 0 Å². The number of nitrogens with zero attached hydrogens (tertiary/aromatic N) is 3. The van der Waals surface area contributed by atoms with Gasteiger partial charge in [0.25, 0.3) is 0 Å². The first-order chi connectivity index (χ1) is 11.8. The molecule has 0 spiro atoms. The molecule has 1 unspecified atom stereocenters. The van der Waals surface area contributed by atoms with E-state index in [1.54, 1.807) is 0 Å². The van der Waals surface area contributed by atoms with Gasteiger partial charge in [0.05, 0.1) is 6.04 Å². The smallest absolute Gasteiger partial charge is 0.223 e. The van der Waals surface area contributed by atoms with Crippen molar-refractivity contribution in [3.05, 3.63) is 23.3 Å². The van der Waals surface area contributed by atoms with E-state index in [1.165, 1.54) is 43.4 Å². The van der Waals surface area contributed by atoms with Gasteiger partial charge in [-0.3, -0.25) is 4.79 Å². The van der Waals surface area contributed by atoms with Crippen LogP contribution in [0.4, 0.5) is 0 Å². The summed E-state index contributed by atoms with van der Waals surface area (Å²) in [5, 5.41) is 3.36. The summed E-state index contributed by atoms with van der Waals surface area (Å²) in [6.45, 7) is 2.72. The van der Waals surface area contributed by atoms with Gasteiger partial charge in [0.15, 0.2) is 5.82 Å². The van der Waals surface area contributed by atoms with Gasteiger partial charge < -0.3 is 10.2 Å². The van der Waals surface area contributed by atoms with Crippen LogP contribution >= 0.6 is 0 Å². The number of hydrogen-bond acceptors (Lipinski definition) is 4. The number of fused-ring (bicyclic) bond motifs is 1. The van der Waals surface area contributed by atoms with Crippen molar-refractivity contribution >= 4 is 5.91 Å². The van der Waals surface area contributed by atoms with E-state index in [2.05, 4.69) is 15.2 Å². The van der Waals surface area contributed by atoms with Crippen LogP contribution in [-0.2, 0) is 17.8 Å². The number of aromatic nitrogens is 2. The van der Waals surface area contributed by atoms with E-state index in [0.717, 1.165) is 51.1 Å². The van der Waals surface area contributed by atoms with Crippen molar-refractivity contribution in [1.82, 2.24) is 20.2 Å². The van der Waals surface area contributed by atoms with Crippen molar-refractivity contribution in [1.29, 1.82) is 0 Å². The zero-order valence-electron chi connectivity index (χ0n) is 14.5. The van der Waals surface area contributed by atoms with Gasteiger partial charge in [-0.15, -0.1) is 0 Å². The van der Waals surface area contributed by atoms with Crippen LogP contribution in [0, 0.1) is 5.92 Å². The molecule has 1 aromatic heterocycles. The van der Waals surface area contributed by atoms with Crippen LogP contribution in [0.15, 0.2) is 6.20 Å². The first-order valence-electron chi connectivity index (χ1n) is 9.66. The predicted octanol–water partition coefficient (Wildman–Crippen LogP) is 2.76. The highest BCUT2D eigenvalue weighted by Gasteiger charge is 2.33. The van der Waals surface area contributed by atoms with Gasteiger partial charge >= 0.3 is 0 Å². The summed E-state index contributed by atoms with van der Waals surface area (Å²) in [6, 6.07) is 0.0984. The van der Waals surface area contributed by atoms with Crippen molar-refractivity contribution < 1.29 is 4.79 Å². The second kappa shape index (κ2) is 7.18. The summed E-state index contributed by atoms with van der Waals surface area (Å²) < 4.78 is 0. The van der Waals surface area contributed by atoms with Crippen molar-refractivity contribution in [3.63, 3.8) is 0 Å². The van der Waals surface area contributed by atoms with Gasteiger partial charge in [-0.05, 0) is 31.6 Å². The highest BCUT2D eigenvalue weighted by atomic mass is 16.2. The average molecular weight is 328 g/mol. The SMILES string of the molecule is O=C(CC1CCCCC1)N1CCCC1c1ncc2c(n1)CCNC2. The Hall–Kier alpha value is -1.49. The van der Waals surface area contributed by atoms with Crippen molar-refractivity contribution in [2.45, 2.75) is 70.4 Å². The molecule has 1 N–H and O–H groups in total. The number of likely N-dealkylation sites (tertiary alicyclic amines) is 1. The van der Waals surface area contributed by atoms with Crippen LogP contribution in [0.3, 0.4) is 0 Å². The molecule has 0 aromatic carbocycles. The maximum Gasteiger partial charge on any atom is 0.223 e. The number of amides is 1. The van der Waals surface area contributed by atoms with Gasteiger partial charge in [0.1, 0.15) is 0 Å². The average Bonchev–Trinajstić information content (AvgIpc) is 3.12. The summed E-state index contributed by atoms with van der Waals surface area (Å²) in [5.41, 5.74) is 2.38. The lowest BCUT2D eigenvalue weighted by Crippen LogP contribution is -2.33. The maximum atomic E-state index is 12.8. The summed E-state index contributed by atoms with van der Waals surface area (Å²) in [5.74, 6) is 1.79. The zero-order valence-corrected chi connectivity index (χ0v) is 14.5. The van der Waals surface area contributed by atoms with Crippen LogP contribution in [0.2, 0.25) is 0 Å². The van der Waals surface area contributed by atoms with E-state index in [1.807, 2.05) is 6.20 Å². The molecule has 1 aromatic rings. The van der Waals surface area contributed by atoms with Crippen molar-refractivity contribution in [2.75, 3.05) is 13.1 Å². The van der Waals surface area contributed by atoms with E-state index in [4.69, 9.17) is 4.98 Å². The van der Waals surface area contributed by atoms with Gasteiger partial charge in [-0.2, -0.15) is 0 Å². The second-order valence-corrected chi connectivity index (χ2v) is 7.58. The summed E-state index contributed by atoms with van der Waals surface area (Å²) >= 11 is 0. The Morgan fingerprint density at radius 1 is 1.21 bits per heavy atom. The molecular formula is C19H28N4O. The van der Waals surface area contributed by atoms with Crippen LogP contribution in [0.5, 0.6) is 0 Å². The zero-order chi connectivity index (χ0) is 16.4. The van der Waals surface area contributed by atoms with Gasteiger partial charge in [0.2, 0.25) is 5.91 Å². The second-order valence-electron chi connectivity index (χ2n) is 7.58. The van der Waals surface area contributed by atoms with E-state index >= 15 is 0 Å². The molecule has 2 fully saturated rings. The Bertz CT molecular complexity index is 597. The molecule has 1 aliphatic carbocycles. The number of nitrogens with one attached hydrogen (secondary N) is 1. The largest absolute Gasteiger partial charge is 0.332 e. The summed E-state index contributed by atoms with van der Waals surface area (Å²) in [4.78, 5) is 24.4. The highest BCUT2D eigenvalue weighted by molar-refractivity contribution is 5.77. The normalized spacial score (nSPS) is 24.8. The van der Waals surface area contributed by atoms with Crippen LogP contribution in [-0.4, -0.2) is 33.9 Å². The number of hydrogen-bond donors (Lipinski definition) is 1. The number of rotatable bonds is 3. The molecule has 24 heavy (non-hydrogen) atoms. The fourth-order valence-electron chi connectivity index (χ4n) is 4.50. The monoisotopic (exact) mass is 328 g/mol. The molecule has 3 aliphatic rings. The third-order valence-corrected chi connectivity index (χ3v) is 5.89. The third kappa shape index (κ3) is 3.32. The fraction of sp³-hybridized carbons (Fsp3) is 0.737. The maximum absolute atomic E-state index is 12.8. The molecule has 0 bridgehead atoms. The number of carbonyl (C=O) groups is 1. The Balaban J connectivity index is 1.47. The van der Waals surface area contributed by atoms with Gasteiger partial charge in [-0.1, -0.05) is 19.3 Å². The molecule has 1 saturated carbocycles. The number of carbonyl (C=O) groups excluding carboxylic acids is 1.